The minimum absolute atomic E-state index is 0.256. The first-order valence-corrected chi connectivity index (χ1v) is 32.0. The monoisotopic (exact) mass is 1120 g/mol. The lowest BCUT2D eigenvalue weighted by molar-refractivity contribution is 0.590. The van der Waals surface area contributed by atoms with Crippen molar-refractivity contribution in [2.75, 3.05) is 0 Å². The summed E-state index contributed by atoms with van der Waals surface area (Å²) in [6.07, 6.45) is 2.01. The number of hydrogen-bond acceptors (Lipinski definition) is 5. The highest BCUT2D eigenvalue weighted by molar-refractivity contribution is 8.01. The predicted molar refractivity (Wildman–Crippen MR) is 348 cm³/mol. The number of fused-ring (bicyclic) bond motifs is 13. The molecule has 3 aromatic heterocycles. The van der Waals surface area contributed by atoms with Crippen LogP contribution in [0.25, 0.3) is 101 Å². The normalized spacial score (nSPS) is 13.2. The van der Waals surface area contributed by atoms with Gasteiger partial charge in [0.15, 0.2) is 13.9 Å². The summed E-state index contributed by atoms with van der Waals surface area (Å²) in [4.78, 5) is 21.9. The van der Waals surface area contributed by atoms with Gasteiger partial charge in [0.1, 0.15) is 0 Å². The van der Waals surface area contributed by atoms with Crippen LogP contribution in [0.1, 0.15) is 26.3 Å². The molecule has 11 aromatic carbocycles. The summed E-state index contributed by atoms with van der Waals surface area (Å²) in [6.45, 7) is 7.00. The summed E-state index contributed by atoms with van der Waals surface area (Å²) in [6, 6.07) is 95.9. The van der Waals surface area contributed by atoms with E-state index in [1.165, 1.54) is 45.9 Å². The molecule has 0 bridgehead atoms. The molecule has 0 aliphatic carbocycles. The van der Waals surface area contributed by atoms with E-state index < -0.39 is 8.07 Å². The highest BCUT2D eigenvalue weighted by Crippen LogP contribution is 2.52. The van der Waals surface area contributed by atoms with Crippen LogP contribution in [0, 0.1) is 0 Å². The van der Waals surface area contributed by atoms with Crippen molar-refractivity contribution in [3.05, 3.63) is 273 Å². The minimum atomic E-state index is -2.93. The average molecular weight is 1120 g/mol. The van der Waals surface area contributed by atoms with E-state index in [4.69, 9.17) is 15.0 Å². The Balaban J connectivity index is 0.997. The first-order valence-electron chi connectivity index (χ1n) is 28.3. The van der Waals surface area contributed by atoms with E-state index in [1.807, 2.05) is 29.7 Å². The van der Waals surface area contributed by atoms with Gasteiger partial charge in [0, 0.05) is 48.2 Å². The third-order valence-corrected chi connectivity index (χ3v) is 24.9. The molecule has 5 nitrogen and oxygen atoms in total. The summed E-state index contributed by atoms with van der Waals surface area (Å²) < 4.78 is 4.61. The van der Waals surface area contributed by atoms with Crippen molar-refractivity contribution in [1.29, 1.82) is 0 Å². The first-order chi connectivity index (χ1) is 40.8. The molecular formula is C75H53N5S2Si. The Hall–Kier alpha value is -9.31. The van der Waals surface area contributed by atoms with E-state index in [1.54, 1.807) is 0 Å². The van der Waals surface area contributed by atoms with Gasteiger partial charge in [-0.15, -0.1) is 0 Å². The molecule has 2 aliphatic heterocycles. The highest BCUT2D eigenvalue weighted by atomic mass is 32.2. The quantitative estimate of drug-likeness (QED) is 0.149. The van der Waals surface area contributed by atoms with Gasteiger partial charge < -0.3 is 0 Å². The Morgan fingerprint density at radius 1 is 0.398 bits per heavy atom. The minimum Gasteiger partial charge on any atom is -0.278 e. The topological polar surface area (TPSA) is 48.0 Å². The van der Waals surface area contributed by atoms with Gasteiger partial charge in [-0.3, -0.25) is 8.97 Å². The van der Waals surface area contributed by atoms with Gasteiger partial charge in [-0.1, -0.05) is 238 Å². The molecule has 2 aliphatic rings. The van der Waals surface area contributed by atoms with Crippen LogP contribution in [0.5, 0.6) is 0 Å². The Labute approximate surface area is 492 Å². The number of rotatable bonds is 7. The SMILES string of the molecule is CC(C)(C)c1ccc2c(c1-c1nccc(-c3c(-c4ccccc4)cc(-c4ccccc4)c(-c4cccc(-n5c6ccccc6n6c7ccccc7nc56)c4)c3-c3ccccc3)n1)Sc1ccccc1[Si]21c2ccccc2Sc2ccccc21. The lowest BCUT2D eigenvalue weighted by Crippen LogP contribution is -2.78. The maximum absolute atomic E-state index is 6.00. The number of aromatic nitrogens is 5. The van der Waals surface area contributed by atoms with E-state index in [9.17, 15) is 0 Å². The zero-order chi connectivity index (χ0) is 55.4. The second-order valence-corrected chi connectivity index (χ2v) is 28.4. The van der Waals surface area contributed by atoms with E-state index in [2.05, 4.69) is 291 Å². The summed E-state index contributed by atoms with van der Waals surface area (Å²) in [7, 11) is -2.93. The van der Waals surface area contributed by atoms with Crippen molar-refractivity contribution in [1.82, 2.24) is 23.9 Å². The van der Waals surface area contributed by atoms with Crippen LogP contribution in [-0.4, -0.2) is 32.0 Å². The summed E-state index contributed by atoms with van der Waals surface area (Å²) in [5, 5.41) is 5.69. The summed E-state index contributed by atoms with van der Waals surface area (Å²) in [5.74, 6) is 1.59. The summed E-state index contributed by atoms with van der Waals surface area (Å²) in [5.41, 5.74) is 18.0. The molecule has 8 heteroatoms. The smallest absolute Gasteiger partial charge is 0.220 e. The molecule has 16 rings (SSSR count). The van der Waals surface area contributed by atoms with Crippen LogP contribution in [0.2, 0.25) is 0 Å². The molecule has 83 heavy (non-hydrogen) atoms. The van der Waals surface area contributed by atoms with Gasteiger partial charge in [-0.05, 0) is 137 Å². The maximum atomic E-state index is 6.00. The number of nitrogens with zero attached hydrogens (tertiary/aromatic N) is 5. The largest absolute Gasteiger partial charge is 0.278 e. The first kappa shape index (κ1) is 49.5. The van der Waals surface area contributed by atoms with Crippen molar-refractivity contribution in [2.24, 2.45) is 0 Å². The standard InChI is InChI=1S/C75H53N5S2Si/c1-75(2,3)55-42-43-67-72(82-63-38-19-22-41-66(63)83(67)64-39-20-17-36-61(64)81-62-37-18-21-40-65(62)83)71(55)73-76-45-44-57(77-73)70-54(49-26-9-5-10-27-49)47-53(48-24-7-4-8-25-48)68(69(70)50-28-11-6-12-29-50)51-30-23-31-52(46-51)79-59-34-15-16-35-60(59)80-58-33-14-13-32-56(58)78-74(79)80/h4-47H,1-3H3. The van der Waals surface area contributed by atoms with E-state index in [-0.39, 0.29) is 5.41 Å². The van der Waals surface area contributed by atoms with Crippen LogP contribution in [0.3, 0.4) is 0 Å². The summed E-state index contributed by atoms with van der Waals surface area (Å²) >= 11 is 3.80. The van der Waals surface area contributed by atoms with E-state index in [0.717, 1.165) is 101 Å². The second-order valence-electron chi connectivity index (χ2n) is 22.6. The fraction of sp³-hybridized carbons (Fsp3) is 0.0533. The second kappa shape index (κ2) is 19.4. The number of hydrogen-bond donors (Lipinski definition) is 0. The highest BCUT2D eigenvalue weighted by Gasteiger charge is 2.52. The average Bonchev–Trinajstić information content (AvgIpc) is 3.02. The third-order valence-electron chi connectivity index (χ3n) is 16.9. The van der Waals surface area contributed by atoms with E-state index in [0.29, 0.717) is 0 Å². The molecular weight excluding hydrogens is 1060 g/mol. The molecule has 0 N–H and O–H groups in total. The van der Waals surface area contributed by atoms with E-state index >= 15 is 0 Å². The molecule has 0 unspecified atom stereocenters. The van der Waals surface area contributed by atoms with Crippen molar-refractivity contribution < 1.29 is 0 Å². The van der Waals surface area contributed by atoms with Crippen molar-refractivity contribution in [3.8, 4) is 72.8 Å². The van der Waals surface area contributed by atoms with Gasteiger partial charge in [0.25, 0.3) is 0 Å². The Bertz CT molecular complexity index is 4840. The van der Waals surface area contributed by atoms with Crippen molar-refractivity contribution >= 4 is 80.2 Å². The van der Waals surface area contributed by atoms with Gasteiger partial charge in [0.05, 0.1) is 27.8 Å². The zero-order valence-electron chi connectivity index (χ0n) is 46.0. The maximum Gasteiger partial charge on any atom is 0.220 e. The predicted octanol–water partition coefficient (Wildman–Crippen LogP) is 16.8. The Morgan fingerprint density at radius 3 is 1.59 bits per heavy atom. The Morgan fingerprint density at radius 2 is 0.940 bits per heavy atom. The van der Waals surface area contributed by atoms with Gasteiger partial charge in [-0.25, -0.2) is 15.0 Å². The lowest BCUT2D eigenvalue weighted by Gasteiger charge is -2.44. The number of benzene rings is 11. The molecule has 394 valence electrons. The molecule has 0 fully saturated rings. The molecule has 1 spiro atoms. The molecule has 14 aromatic rings. The van der Waals surface area contributed by atoms with Crippen LogP contribution in [0.4, 0.5) is 0 Å². The number of para-hydroxylation sites is 4. The molecule has 0 amide bonds. The molecule has 5 heterocycles. The fourth-order valence-electron chi connectivity index (χ4n) is 13.4. The Kier molecular flexibility index (Phi) is 11.6. The van der Waals surface area contributed by atoms with Crippen molar-refractivity contribution in [2.45, 2.75) is 45.8 Å². The third kappa shape index (κ3) is 7.74. The lowest BCUT2D eigenvalue weighted by atomic mass is 9.79. The van der Waals surface area contributed by atoms with Crippen LogP contribution in [-0.2, 0) is 5.41 Å². The molecule has 0 saturated carbocycles. The van der Waals surface area contributed by atoms with Gasteiger partial charge in [0.2, 0.25) is 5.78 Å². The molecule has 0 atom stereocenters. The molecule has 0 radical (unpaired) electrons. The van der Waals surface area contributed by atoms with Gasteiger partial charge in [-0.2, -0.15) is 0 Å². The van der Waals surface area contributed by atoms with Crippen LogP contribution >= 0.6 is 23.5 Å². The van der Waals surface area contributed by atoms with Crippen LogP contribution < -0.4 is 20.7 Å². The number of imidazole rings is 2. The van der Waals surface area contributed by atoms with Gasteiger partial charge >= 0.3 is 0 Å². The molecule has 0 saturated heterocycles. The van der Waals surface area contributed by atoms with Crippen LogP contribution in [0.15, 0.2) is 287 Å². The van der Waals surface area contributed by atoms with Crippen molar-refractivity contribution in [3.63, 3.8) is 0 Å². The zero-order valence-corrected chi connectivity index (χ0v) is 48.6. The fourth-order valence-corrected chi connectivity index (χ4v) is 22.7.